The number of hydrogen-bond acceptors (Lipinski definition) is 7. The molecule has 7 nitrogen and oxygen atoms in total. The van der Waals surface area contributed by atoms with E-state index in [4.69, 9.17) is 0 Å². The third kappa shape index (κ3) is 5.82. The van der Waals surface area contributed by atoms with Crippen LogP contribution in [0.3, 0.4) is 0 Å². The van der Waals surface area contributed by atoms with Gasteiger partial charge in [-0.15, -0.1) is 11.3 Å². The van der Waals surface area contributed by atoms with Gasteiger partial charge in [-0.05, 0) is 55.5 Å². The van der Waals surface area contributed by atoms with E-state index in [1.165, 1.54) is 11.1 Å². The number of alkyl halides is 3. The van der Waals surface area contributed by atoms with Crippen LogP contribution < -0.4 is 10.6 Å². The van der Waals surface area contributed by atoms with E-state index in [-0.39, 0.29) is 10.9 Å². The molecule has 0 atom stereocenters. The zero-order valence-electron chi connectivity index (χ0n) is 22.3. The second kappa shape index (κ2) is 11.0. The highest BCUT2D eigenvalue weighted by atomic mass is 32.1. The maximum absolute atomic E-state index is 13.0. The van der Waals surface area contributed by atoms with Crippen molar-refractivity contribution < 1.29 is 13.2 Å². The maximum atomic E-state index is 13.0. The molecule has 0 amide bonds. The van der Waals surface area contributed by atoms with Crippen molar-refractivity contribution in [3.63, 3.8) is 0 Å². The summed E-state index contributed by atoms with van der Waals surface area (Å²) in [5, 5.41) is 17.8. The van der Waals surface area contributed by atoms with Gasteiger partial charge in [-0.1, -0.05) is 13.0 Å². The Bertz CT molecular complexity index is 1520. The molecule has 0 bridgehead atoms. The van der Waals surface area contributed by atoms with Crippen LogP contribution in [0.15, 0.2) is 24.3 Å². The molecule has 4 heterocycles. The molecule has 1 fully saturated rings. The van der Waals surface area contributed by atoms with Crippen LogP contribution in [-0.4, -0.2) is 51.8 Å². The number of nitrogens with one attached hydrogen (secondary N) is 2. The van der Waals surface area contributed by atoms with E-state index >= 15 is 0 Å². The standard InChI is InChI=1S/C28H32F3N7S/c1-4-9-38-20(15-32)12-22-17(2)18(5-6-24(22)38)16-37-10-7-19(8-11-37)34-25-23-13-21(14-28(29,30)31)39-26(23)36-27(33-3)35-25/h5-6,12-13,19H,4,7-11,14,16H2,1-3H3,(H2,33,34,35,36). The van der Waals surface area contributed by atoms with Crippen LogP contribution in [0.1, 0.15) is 47.9 Å². The highest BCUT2D eigenvalue weighted by Crippen LogP contribution is 2.34. The van der Waals surface area contributed by atoms with E-state index < -0.39 is 12.6 Å². The van der Waals surface area contributed by atoms with Crippen LogP contribution >= 0.6 is 11.3 Å². The van der Waals surface area contributed by atoms with Gasteiger partial charge in [-0.25, -0.2) is 4.98 Å². The normalized spacial score (nSPS) is 15.2. The van der Waals surface area contributed by atoms with Gasteiger partial charge >= 0.3 is 6.18 Å². The Labute approximate surface area is 229 Å². The molecule has 206 valence electrons. The Morgan fingerprint density at radius 2 is 1.92 bits per heavy atom. The third-order valence-electron chi connectivity index (χ3n) is 7.39. The number of nitriles is 1. The average Bonchev–Trinajstić information content (AvgIpc) is 3.47. The Hall–Kier alpha value is -3.36. The van der Waals surface area contributed by atoms with Crippen LogP contribution in [0.25, 0.3) is 21.1 Å². The summed E-state index contributed by atoms with van der Waals surface area (Å²) < 4.78 is 41.0. The number of thiophene rings is 1. The lowest BCUT2D eigenvalue weighted by molar-refractivity contribution is -0.126. The summed E-state index contributed by atoms with van der Waals surface area (Å²) in [6.07, 6.45) is -2.46. The van der Waals surface area contributed by atoms with Crippen LogP contribution in [0.5, 0.6) is 0 Å². The van der Waals surface area contributed by atoms with Crippen LogP contribution in [0.4, 0.5) is 24.9 Å². The van der Waals surface area contributed by atoms with Crippen molar-refractivity contribution >= 4 is 44.2 Å². The van der Waals surface area contributed by atoms with E-state index in [1.807, 2.05) is 6.07 Å². The largest absolute Gasteiger partial charge is 0.393 e. The second-order valence-electron chi connectivity index (χ2n) is 10.1. The molecule has 0 aliphatic carbocycles. The molecule has 11 heteroatoms. The first-order valence-electron chi connectivity index (χ1n) is 13.2. The molecule has 1 aliphatic heterocycles. The number of aryl methyl sites for hydroxylation is 2. The molecular formula is C28H32F3N7S. The minimum Gasteiger partial charge on any atom is -0.367 e. The SMILES string of the molecule is CCCn1c(C#N)cc2c(C)c(CN3CCC(Nc4nc(NC)nc5sc(CC(F)(F)F)cc45)CC3)ccc21. The Morgan fingerprint density at radius 3 is 2.59 bits per heavy atom. The molecular weight excluding hydrogens is 523 g/mol. The zero-order chi connectivity index (χ0) is 27.7. The van der Waals surface area contributed by atoms with Gasteiger partial charge in [0, 0.05) is 55.0 Å². The first-order valence-corrected chi connectivity index (χ1v) is 14.1. The number of aromatic nitrogens is 3. The lowest BCUT2D eigenvalue weighted by atomic mass is 10.0. The number of halogens is 3. The van der Waals surface area contributed by atoms with Crippen molar-refractivity contribution in [1.29, 1.82) is 5.26 Å². The highest BCUT2D eigenvalue weighted by molar-refractivity contribution is 7.18. The van der Waals surface area contributed by atoms with Crippen molar-refractivity contribution in [2.45, 2.75) is 64.8 Å². The lowest BCUT2D eigenvalue weighted by Crippen LogP contribution is -2.39. The summed E-state index contributed by atoms with van der Waals surface area (Å²) in [5.41, 5.74) is 4.30. The van der Waals surface area contributed by atoms with Gasteiger partial charge in [0.2, 0.25) is 5.95 Å². The maximum Gasteiger partial charge on any atom is 0.393 e. The molecule has 1 saturated heterocycles. The Kier molecular flexibility index (Phi) is 7.69. The smallest absolute Gasteiger partial charge is 0.367 e. The molecule has 0 saturated carbocycles. The molecule has 2 N–H and O–H groups in total. The molecule has 0 unspecified atom stereocenters. The van der Waals surface area contributed by atoms with Crippen molar-refractivity contribution in [1.82, 2.24) is 19.4 Å². The number of anilines is 2. The van der Waals surface area contributed by atoms with Gasteiger partial charge in [0.1, 0.15) is 22.4 Å². The molecule has 0 radical (unpaired) electrons. The molecule has 1 aliphatic rings. The number of benzene rings is 1. The van der Waals surface area contributed by atoms with E-state index in [0.29, 0.717) is 27.7 Å². The second-order valence-corrected chi connectivity index (χ2v) is 11.3. The lowest BCUT2D eigenvalue weighted by Gasteiger charge is -2.33. The summed E-state index contributed by atoms with van der Waals surface area (Å²) >= 11 is 1.06. The minimum atomic E-state index is -4.26. The summed E-state index contributed by atoms with van der Waals surface area (Å²) in [4.78, 5) is 12.1. The number of piperidine rings is 1. The Morgan fingerprint density at radius 1 is 1.15 bits per heavy atom. The fourth-order valence-corrected chi connectivity index (χ4v) is 6.46. The van der Waals surface area contributed by atoms with Crippen molar-refractivity contribution in [2.24, 2.45) is 0 Å². The topological polar surface area (TPSA) is 81.8 Å². The minimum absolute atomic E-state index is 0.167. The summed E-state index contributed by atoms with van der Waals surface area (Å²) in [6.45, 7) is 7.71. The molecule has 3 aromatic heterocycles. The molecule has 5 rings (SSSR count). The van der Waals surface area contributed by atoms with Gasteiger partial charge in [-0.2, -0.15) is 23.4 Å². The first kappa shape index (κ1) is 27.2. The van der Waals surface area contributed by atoms with Gasteiger partial charge in [-0.3, -0.25) is 4.90 Å². The molecule has 4 aromatic rings. The van der Waals surface area contributed by atoms with Crippen LogP contribution in [0, 0.1) is 18.3 Å². The molecule has 39 heavy (non-hydrogen) atoms. The first-order chi connectivity index (χ1) is 18.7. The summed E-state index contributed by atoms with van der Waals surface area (Å²) in [5.74, 6) is 0.972. The zero-order valence-corrected chi connectivity index (χ0v) is 23.1. The van der Waals surface area contributed by atoms with E-state index in [1.54, 1.807) is 13.1 Å². The third-order valence-corrected chi connectivity index (χ3v) is 8.42. The van der Waals surface area contributed by atoms with Gasteiger partial charge < -0.3 is 15.2 Å². The van der Waals surface area contributed by atoms with E-state index in [9.17, 15) is 18.4 Å². The highest BCUT2D eigenvalue weighted by Gasteiger charge is 2.29. The predicted octanol–water partition coefficient (Wildman–Crippen LogP) is 6.46. The van der Waals surface area contributed by atoms with Crippen molar-refractivity contribution in [3.05, 3.63) is 46.0 Å². The summed E-state index contributed by atoms with van der Waals surface area (Å²) in [7, 11) is 1.70. The van der Waals surface area contributed by atoms with Gasteiger partial charge in [0.15, 0.2) is 0 Å². The van der Waals surface area contributed by atoms with Gasteiger partial charge in [0.25, 0.3) is 0 Å². The number of hydrogen-bond donors (Lipinski definition) is 2. The van der Waals surface area contributed by atoms with E-state index in [2.05, 4.69) is 62.1 Å². The molecule has 0 spiro atoms. The number of fused-ring (bicyclic) bond motifs is 2. The van der Waals surface area contributed by atoms with Crippen LogP contribution in [-0.2, 0) is 19.5 Å². The number of nitrogens with zero attached hydrogens (tertiary/aromatic N) is 5. The van der Waals surface area contributed by atoms with Crippen molar-refractivity contribution in [2.75, 3.05) is 30.8 Å². The predicted molar refractivity (Wildman–Crippen MR) is 150 cm³/mol. The summed E-state index contributed by atoms with van der Waals surface area (Å²) in [6, 6.07) is 10.4. The molecule has 1 aromatic carbocycles. The fraction of sp³-hybridized carbons (Fsp3) is 0.464. The Balaban J connectivity index is 1.27. The average molecular weight is 556 g/mol. The van der Waals surface area contributed by atoms with E-state index in [0.717, 1.165) is 67.7 Å². The fourth-order valence-electron chi connectivity index (χ4n) is 5.40. The van der Waals surface area contributed by atoms with Gasteiger partial charge in [0.05, 0.1) is 11.8 Å². The number of likely N-dealkylation sites (tertiary alicyclic amines) is 1. The number of rotatable bonds is 8. The van der Waals surface area contributed by atoms with Crippen LogP contribution in [0.2, 0.25) is 0 Å². The quantitative estimate of drug-likeness (QED) is 0.260. The monoisotopic (exact) mass is 555 g/mol. The van der Waals surface area contributed by atoms with Crippen molar-refractivity contribution in [3.8, 4) is 6.07 Å².